The van der Waals surface area contributed by atoms with Crippen LogP contribution in [-0.2, 0) is 11.2 Å². The number of hydrogen-bond acceptors (Lipinski definition) is 7. The molecule has 1 heterocycles. The number of fused-ring (bicyclic) bond motifs is 1. The second-order valence-electron chi connectivity index (χ2n) is 6.08. The van der Waals surface area contributed by atoms with E-state index in [2.05, 4.69) is 10.2 Å². The average molecular weight is 383 g/mol. The Balaban J connectivity index is 2.02. The summed E-state index contributed by atoms with van der Waals surface area (Å²) in [6, 6.07) is 11.4. The molecule has 3 rings (SSSR count). The molecule has 0 aliphatic carbocycles. The topological polar surface area (TPSA) is 88.3 Å². The molecule has 0 atom stereocenters. The molecule has 27 heavy (non-hydrogen) atoms. The highest BCUT2D eigenvalue weighted by molar-refractivity contribution is 8.03. The SMILES string of the molecule is CCc1nnc(S/C(=C/c2ccc(OC(C)C)c3ccccc23)C(=O)[O-])o1. The number of carbonyl (C=O) groups is 1. The van der Waals surface area contributed by atoms with Gasteiger partial charge in [0.2, 0.25) is 5.89 Å². The smallest absolute Gasteiger partial charge is 0.281 e. The van der Waals surface area contributed by atoms with Gasteiger partial charge >= 0.3 is 0 Å². The minimum absolute atomic E-state index is 0.0102. The van der Waals surface area contributed by atoms with Crippen molar-refractivity contribution in [3.05, 3.63) is 52.8 Å². The molecule has 0 fully saturated rings. The lowest BCUT2D eigenvalue weighted by Crippen LogP contribution is -2.23. The lowest BCUT2D eigenvalue weighted by atomic mass is 10.0. The Bertz CT molecular complexity index is 995. The van der Waals surface area contributed by atoms with Crippen LogP contribution in [0.3, 0.4) is 0 Å². The normalized spacial score (nSPS) is 11.9. The second kappa shape index (κ2) is 8.26. The van der Waals surface area contributed by atoms with Crippen LogP contribution in [0, 0.1) is 0 Å². The lowest BCUT2D eigenvalue weighted by Gasteiger charge is -2.14. The summed E-state index contributed by atoms with van der Waals surface area (Å²) < 4.78 is 11.2. The number of carbonyl (C=O) groups excluding carboxylic acids is 1. The van der Waals surface area contributed by atoms with Gasteiger partial charge in [0.15, 0.2) is 0 Å². The van der Waals surface area contributed by atoms with Crippen molar-refractivity contribution in [1.29, 1.82) is 0 Å². The number of aliphatic carboxylic acids is 1. The van der Waals surface area contributed by atoms with Crippen molar-refractivity contribution >= 4 is 34.6 Å². The lowest BCUT2D eigenvalue weighted by molar-refractivity contribution is -0.298. The zero-order valence-electron chi connectivity index (χ0n) is 15.3. The first-order valence-electron chi connectivity index (χ1n) is 8.59. The van der Waals surface area contributed by atoms with Crippen LogP contribution >= 0.6 is 11.8 Å². The molecule has 0 N–H and O–H groups in total. The summed E-state index contributed by atoms with van der Waals surface area (Å²) >= 11 is 0.879. The number of nitrogens with zero attached hydrogens (tertiary/aromatic N) is 2. The molecule has 140 valence electrons. The fourth-order valence-electron chi connectivity index (χ4n) is 2.56. The minimum atomic E-state index is -1.30. The van der Waals surface area contributed by atoms with Gasteiger partial charge in [-0.2, -0.15) is 0 Å². The van der Waals surface area contributed by atoms with Gasteiger partial charge in [-0.3, -0.25) is 0 Å². The van der Waals surface area contributed by atoms with Crippen molar-refractivity contribution in [2.75, 3.05) is 0 Å². The van der Waals surface area contributed by atoms with Gasteiger partial charge < -0.3 is 19.1 Å². The molecule has 0 aliphatic heterocycles. The standard InChI is InChI=1S/C20H20N2O4S/c1-4-18-21-22-20(26-18)27-17(19(23)24)11-13-9-10-16(25-12(2)3)15-8-6-5-7-14(13)15/h5-12H,4H2,1-3H3,(H,23,24)/p-1/b17-11+. The summed E-state index contributed by atoms with van der Waals surface area (Å²) in [7, 11) is 0. The summed E-state index contributed by atoms with van der Waals surface area (Å²) in [6.07, 6.45) is 2.17. The molecule has 0 aliphatic rings. The van der Waals surface area contributed by atoms with Gasteiger partial charge in [-0.25, -0.2) is 0 Å². The third kappa shape index (κ3) is 4.49. The van der Waals surface area contributed by atoms with Crippen LogP contribution < -0.4 is 9.84 Å². The first-order chi connectivity index (χ1) is 13.0. The zero-order chi connectivity index (χ0) is 19.4. The second-order valence-corrected chi connectivity index (χ2v) is 7.07. The van der Waals surface area contributed by atoms with Crippen molar-refractivity contribution in [2.45, 2.75) is 38.5 Å². The Morgan fingerprint density at radius 2 is 1.96 bits per heavy atom. The number of aryl methyl sites for hydroxylation is 1. The van der Waals surface area contributed by atoms with Gasteiger partial charge in [-0.05, 0) is 48.7 Å². The van der Waals surface area contributed by atoms with Gasteiger partial charge in [0.05, 0.1) is 12.1 Å². The Morgan fingerprint density at radius 3 is 2.59 bits per heavy atom. The predicted octanol–water partition coefficient (Wildman–Crippen LogP) is 3.46. The average Bonchev–Trinajstić information content (AvgIpc) is 3.10. The van der Waals surface area contributed by atoms with Crippen molar-refractivity contribution in [2.24, 2.45) is 0 Å². The predicted molar refractivity (Wildman–Crippen MR) is 102 cm³/mol. The van der Waals surface area contributed by atoms with Gasteiger partial charge in [0, 0.05) is 16.7 Å². The van der Waals surface area contributed by atoms with Crippen LogP contribution in [0.5, 0.6) is 5.75 Å². The molecule has 7 heteroatoms. The van der Waals surface area contributed by atoms with Crippen LogP contribution in [0.2, 0.25) is 0 Å². The van der Waals surface area contributed by atoms with Crippen LogP contribution in [0.15, 0.2) is 50.9 Å². The molecule has 2 aromatic carbocycles. The third-order valence-corrected chi connectivity index (χ3v) is 4.56. The molecule has 0 spiro atoms. The van der Waals surface area contributed by atoms with Crippen LogP contribution in [0.1, 0.15) is 32.2 Å². The van der Waals surface area contributed by atoms with E-state index in [0.717, 1.165) is 33.8 Å². The fourth-order valence-corrected chi connectivity index (χ4v) is 3.24. The number of aromatic nitrogens is 2. The molecular formula is C20H19N2O4S-. The molecule has 1 aromatic heterocycles. The molecular weight excluding hydrogens is 364 g/mol. The molecule has 0 unspecified atom stereocenters. The van der Waals surface area contributed by atoms with E-state index in [9.17, 15) is 9.90 Å². The molecule has 0 saturated carbocycles. The molecule has 0 amide bonds. The minimum Gasteiger partial charge on any atom is -0.544 e. The van der Waals surface area contributed by atoms with Gasteiger partial charge in [0.25, 0.3) is 5.22 Å². The number of carboxylic acids is 1. The molecule has 0 saturated heterocycles. The number of carboxylic acid groups (broad SMARTS) is 1. The Kier molecular flexibility index (Phi) is 5.81. The zero-order valence-corrected chi connectivity index (χ0v) is 16.1. The Labute approximate surface area is 161 Å². The van der Waals surface area contributed by atoms with Crippen molar-refractivity contribution in [1.82, 2.24) is 10.2 Å². The highest BCUT2D eigenvalue weighted by Gasteiger charge is 2.12. The maximum Gasteiger partial charge on any atom is 0.281 e. The van der Waals surface area contributed by atoms with Crippen molar-refractivity contribution < 1.29 is 19.1 Å². The van der Waals surface area contributed by atoms with Gasteiger partial charge in [0.1, 0.15) is 5.75 Å². The maximum atomic E-state index is 11.6. The van der Waals surface area contributed by atoms with E-state index in [-0.39, 0.29) is 16.2 Å². The summed E-state index contributed by atoms with van der Waals surface area (Å²) in [5.41, 5.74) is 0.739. The van der Waals surface area contributed by atoms with E-state index < -0.39 is 5.97 Å². The van der Waals surface area contributed by atoms with Gasteiger partial charge in [-0.15, -0.1) is 10.2 Å². The summed E-state index contributed by atoms with van der Waals surface area (Å²) in [4.78, 5) is 11.6. The molecule has 6 nitrogen and oxygen atoms in total. The largest absolute Gasteiger partial charge is 0.544 e. The number of hydrogen-bond donors (Lipinski definition) is 0. The van der Waals surface area contributed by atoms with Crippen LogP contribution in [0.25, 0.3) is 16.8 Å². The third-order valence-electron chi connectivity index (χ3n) is 3.72. The Morgan fingerprint density at radius 1 is 1.22 bits per heavy atom. The highest BCUT2D eigenvalue weighted by Crippen LogP contribution is 2.33. The number of rotatable bonds is 7. The molecule has 0 radical (unpaired) electrons. The van der Waals surface area contributed by atoms with Crippen molar-refractivity contribution in [3.8, 4) is 5.75 Å². The van der Waals surface area contributed by atoms with E-state index in [0.29, 0.717) is 12.3 Å². The number of ether oxygens (including phenoxy) is 1. The monoisotopic (exact) mass is 383 g/mol. The molecule has 0 bridgehead atoms. The quantitative estimate of drug-likeness (QED) is 0.456. The van der Waals surface area contributed by atoms with E-state index >= 15 is 0 Å². The van der Waals surface area contributed by atoms with Crippen LogP contribution in [0.4, 0.5) is 0 Å². The first-order valence-corrected chi connectivity index (χ1v) is 9.41. The summed E-state index contributed by atoms with van der Waals surface area (Å²) in [5, 5.41) is 21.3. The number of thioether (sulfide) groups is 1. The van der Waals surface area contributed by atoms with Crippen molar-refractivity contribution in [3.63, 3.8) is 0 Å². The number of benzene rings is 2. The first kappa shape index (κ1) is 19.0. The van der Waals surface area contributed by atoms with E-state index in [4.69, 9.17) is 9.15 Å². The Hall–Kier alpha value is -2.80. The van der Waals surface area contributed by atoms with E-state index in [1.807, 2.05) is 57.2 Å². The molecule has 3 aromatic rings. The summed E-state index contributed by atoms with van der Waals surface area (Å²) in [5.74, 6) is -0.0939. The van der Waals surface area contributed by atoms with E-state index in [1.54, 1.807) is 6.08 Å². The fraction of sp³-hybridized carbons (Fsp3) is 0.250. The maximum absolute atomic E-state index is 11.6. The van der Waals surface area contributed by atoms with E-state index in [1.165, 1.54) is 0 Å². The highest BCUT2D eigenvalue weighted by atomic mass is 32.2. The van der Waals surface area contributed by atoms with Gasteiger partial charge in [-0.1, -0.05) is 37.3 Å². The summed E-state index contributed by atoms with van der Waals surface area (Å²) in [6.45, 7) is 5.80. The van der Waals surface area contributed by atoms with Crippen LogP contribution in [-0.4, -0.2) is 22.3 Å².